The molecule has 8 nitrogen and oxygen atoms in total. The summed E-state index contributed by atoms with van der Waals surface area (Å²) in [5.74, 6) is -2.84. The molecule has 0 spiro atoms. The predicted molar refractivity (Wildman–Crippen MR) is 76.8 cm³/mol. The predicted octanol–water partition coefficient (Wildman–Crippen LogP) is 2.13. The maximum Gasteiger partial charge on any atom is 0.433 e. The number of anilines is 1. The monoisotopic (exact) mass is 403 g/mol. The van der Waals surface area contributed by atoms with Crippen LogP contribution >= 0.6 is 0 Å². The van der Waals surface area contributed by atoms with E-state index in [0.29, 0.717) is 6.07 Å². The molecular formula is C13H15F6N5O3. The van der Waals surface area contributed by atoms with Crippen LogP contribution in [0.2, 0.25) is 0 Å². The highest BCUT2D eigenvalue weighted by atomic mass is 19.4. The largest absolute Gasteiger partial charge is 0.433 e. The zero-order valence-corrected chi connectivity index (χ0v) is 13.5. The third-order valence-electron chi connectivity index (χ3n) is 3.16. The number of hydroxylamine groups is 2. The Labute approximate surface area is 148 Å². The van der Waals surface area contributed by atoms with Gasteiger partial charge in [0.05, 0.1) is 12.5 Å². The quantitative estimate of drug-likeness (QED) is 0.252. The number of carbonyl (C=O) groups is 2. The molecule has 3 N–H and O–H groups in total. The molecule has 0 radical (unpaired) electrons. The molecule has 0 aromatic carbocycles. The van der Waals surface area contributed by atoms with Crippen LogP contribution in [0.25, 0.3) is 0 Å². The van der Waals surface area contributed by atoms with Crippen molar-refractivity contribution >= 4 is 18.3 Å². The summed E-state index contributed by atoms with van der Waals surface area (Å²) in [6.07, 6.45) is -10.5. The Morgan fingerprint density at radius 2 is 1.96 bits per heavy atom. The maximum absolute atomic E-state index is 12.5. The first-order valence-electron chi connectivity index (χ1n) is 7.36. The molecule has 1 unspecified atom stereocenters. The van der Waals surface area contributed by atoms with E-state index in [1.165, 1.54) is 0 Å². The fourth-order valence-electron chi connectivity index (χ4n) is 1.92. The van der Waals surface area contributed by atoms with Gasteiger partial charge in [-0.25, -0.2) is 15.0 Å². The molecule has 1 rings (SSSR count). The average Bonchev–Trinajstić information content (AvgIpc) is 2.57. The smallest absolute Gasteiger partial charge is 0.286 e. The second-order valence-electron chi connectivity index (χ2n) is 5.31. The molecular weight excluding hydrogens is 388 g/mol. The Hall–Kier alpha value is -2.64. The van der Waals surface area contributed by atoms with E-state index < -0.39 is 55.2 Å². The van der Waals surface area contributed by atoms with E-state index in [1.807, 2.05) is 10.9 Å². The molecule has 14 heteroatoms. The summed E-state index contributed by atoms with van der Waals surface area (Å²) in [5, 5.41) is 9.21. The lowest BCUT2D eigenvalue weighted by molar-refractivity contribution is -0.155. The van der Waals surface area contributed by atoms with Gasteiger partial charge in [0, 0.05) is 12.6 Å². The van der Waals surface area contributed by atoms with E-state index in [1.54, 1.807) is 0 Å². The Bertz CT molecular complexity index is 640. The van der Waals surface area contributed by atoms with Crippen molar-refractivity contribution in [3.63, 3.8) is 0 Å². The fraction of sp³-hybridized carbons (Fsp3) is 0.538. The lowest BCUT2D eigenvalue weighted by Gasteiger charge is -2.20. The van der Waals surface area contributed by atoms with Crippen LogP contribution in [0.3, 0.4) is 0 Å². The second-order valence-corrected chi connectivity index (χ2v) is 5.31. The number of hydrogen-bond donors (Lipinski definition) is 3. The molecule has 1 heterocycles. The summed E-state index contributed by atoms with van der Waals surface area (Å²) >= 11 is 0. The van der Waals surface area contributed by atoms with Gasteiger partial charge in [0.25, 0.3) is 0 Å². The van der Waals surface area contributed by atoms with Crippen molar-refractivity contribution in [2.24, 2.45) is 5.92 Å². The van der Waals surface area contributed by atoms with Gasteiger partial charge in [0.1, 0.15) is 5.69 Å². The van der Waals surface area contributed by atoms with Gasteiger partial charge in [-0.1, -0.05) is 0 Å². The van der Waals surface area contributed by atoms with Gasteiger partial charge in [-0.3, -0.25) is 25.6 Å². The van der Waals surface area contributed by atoms with Crippen LogP contribution in [0, 0.1) is 5.92 Å². The van der Waals surface area contributed by atoms with Gasteiger partial charge in [0.15, 0.2) is 0 Å². The number of hydrogen-bond acceptors (Lipinski definition) is 6. The fourth-order valence-corrected chi connectivity index (χ4v) is 1.92. The lowest BCUT2D eigenvalue weighted by atomic mass is 10.0. The summed E-state index contributed by atoms with van der Waals surface area (Å²) in [7, 11) is 0. The summed E-state index contributed by atoms with van der Waals surface area (Å²) < 4.78 is 74.3. The molecule has 2 amide bonds. The Morgan fingerprint density at radius 1 is 1.30 bits per heavy atom. The van der Waals surface area contributed by atoms with Crippen LogP contribution in [0.15, 0.2) is 12.3 Å². The number of rotatable bonds is 9. The minimum atomic E-state index is -4.75. The normalized spacial score (nSPS) is 13.0. The molecule has 0 aliphatic carbocycles. The van der Waals surface area contributed by atoms with Gasteiger partial charge in [0.2, 0.25) is 18.3 Å². The molecule has 0 saturated carbocycles. The molecule has 0 aliphatic rings. The topological polar surface area (TPSA) is 107 Å². The van der Waals surface area contributed by atoms with Crippen LogP contribution in [0.4, 0.5) is 32.3 Å². The summed E-state index contributed by atoms with van der Waals surface area (Å²) in [4.78, 5) is 29.0. The number of carbonyl (C=O) groups excluding carboxylic acids is 2. The number of nitrogens with zero attached hydrogens (tertiary/aromatic N) is 3. The van der Waals surface area contributed by atoms with E-state index in [4.69, 9.17) is 5.21 Å². The first kappa shape index (κ1) is 22.4. The highest BCUT2D eigenvalue weighted by Crippen LogP contribution is 2.27. The van der Waals surface area contributed by atoms with Crippen LogP contribution in [-0.4, -0.2) is 45.3 Å². The molecule has 1 aromatic heterocycles. The summed E-state index contributed by atoms with van der Waals surface area (Å²) in [6, 6.07) is 0.598. The molecule has 152 valence electrons. The standard InChI is InChI=1S/C13H15F6N5O3/c14-12(15,16)4-1-2-8(6-24(27)7-25)10(26)22-23-11-20-5-3-9(21-11)13(17,18)19/h3,5,7-8,27H,1-2,4,6H2,(H,22,26)(H,20,21,23). The molecule has 0 aliphatic heterocycles. The van der Waals surface area contributed by atoms with Crippen LogP contribution in [-0.2, 0) is 15.8 Å². The lowest BCUT2D eigenvalue weighted by Crippen LogP contribution is -2.40. The van der Waals surface area contributed by atoms with Crippen LogP contribution < -0.4 is 10.9 Å². The first-order valence-corrected chi connectivity index (χ1v) is 7.36. The van der Waals surface area contributed by atoms with Crippen molar-refractivity contribution in [2.45, 2.75) is 31.6 Å². The zero-order chi connectivity index (χ0) is 20.7. The van der Waals surface area contributed by atoms with Gasteiger partial charge < -0.3 is 0 Å². The molecule has 0 fully saturated rings. The number of nitrogens with one attached hydrogen (secondary N) is 2. The molecule has 1 aromatic rings. The van der Waals surface area contributed by atoms with Crippen molar-refractivity contribution in [3.05, 3.63) is 18.0 Å². The minimum absolute atomic E-state index is 0.0482. The number of hydrazine groups is 1. The van der Waals surface area contributed by atoms with Gasteiger partial charge in [-0.2, -0.15) is 26.3 Å². The Morgan fingerprint density at radius 3 is 2.52 bits per heavy atom. The van der Waals surface area contributed by atoms with E-state index in [2.05, 4.69) is 9.97 Å². The second kappa shape index (κ2) is 9.34. The van der Waals surface area contributed by atoms with E-state index in [9.17, 15) is 35.9 Å². The third-order valence-corrected chi connectivity index (χ3v) is 3.16. The van der Waals surface area contributed by atoms with Crippen molar-refractivity contribution < 1.29 is 41.1 Å². The zero-order valence-electron chi connectivity index (χ0n) is 13.5. The Kier molecular flexibility index (Phi) is 7.75. The molecule has 27 heavy (non-hydrogen) atoms. The molecule has 0 saturated heterocycles. The van der Waals surface area contributed by atoms with E-state index in [0.717, 1.165) is 6.20 Å². The SMILES string of the molecule is O=CN(O)CC(CCCC(F)(F)F)C(=O)NNc1nccc(C(F)(F)F)n1. The minimum Gasteiger partial charge on any atom is -0.286 e. The highest BCUT2D eigenvalue weighted by molar-refractivity contribution is 5.80. The molecule has 1 atom stereocenters. The summed E-state index contributed by atoms with van der Waals surface area (Å²) in [6.45, 7) is -0.613. The van der Waals surface area contributed by atoms with Crippen molar-refractivity contribution in [2.75, 3.05) is 12.0 Å². The maximum atomic E-state index is 12.5. The van der Waals surface area contributed by atoms with Crippen molar-refractivity contribution in [1.29, 1.82) is 0 Å². The van der Waals surface area contributed by atoms with E-state index >= 15 is 0 Å². The van der Waals surface area contributed by atoms with Crippen LogP contribution in [0.1, 0.15) is 25.0 Å². The number of halogens is 6. The van der Waals surface area contributed by atoms with E-state index in [-0.39, 0.29) is 17.9 Å². The third kappa shape index (κ3) is 8.52. The number of amides is 2. The summed E-state index contributed by atoms with van der Waals surface area (Å²) in [5.41, 5.74) is 2.66. The number of aromatic nitrogens is 2. The average molecular weight is 403 g/mol. The first-order chi connectivity index (χ1) is 12.4. The van der Waals surface area contributed by atoms with Crippen molar-refractivity contribution in [1.82, 2.24) is 20.5 Å². The Balaban J connectivity index is 2.70. The molecule has 0 bridgehead atoms. The van der Waals surface area contributed by atoms with Crippen molar-refractivity contribution in [3.8, 4) is 0 Å². The number of alkyl halides is 6. The van der Waals surface area contributed by atoms with Crippen LogP contribution in [0.5, 0.6) is 0 Å². The highest BCUT2D eigenvalue weighted by Gasteiger charge is 2.33. The van der Waals surface area contributed by atoms with Gasteiger partial charge in [-0.05, 0) is 18.9 Å². The van der Waals surface area contributed by atoms with Gasteiger partial charge >= 0.3 is 12.4 Å². The van der Waals surface area contributed by atoms with Gasteiger partial charge in [-0.15, -0.1) is 0 Å².